The zero-order valence-electron chi connectivity index (χ0n) is 22.1. The van der Waals surface area contributed by atoms with Crippen LogP contribution in [0.2, 0.25) is 0 Å². The quantitative estimate of drug-likeness (QED) is 0.414. The Morgan fingerprint density at radius 1 is 1.03 bits per heavy atom. The van der Waals surface area contributed by atoms with Gasteiger partial charge in [0.25, 0.3) is 5.91 Å². The maximum Gasteiger partial charge on any atom is 0.411 e. The molecule has 8 heteroatoms. The van der Waals surface area contributed by atoms with E-state index in [4.69, 9.17) is 9.47 Å². The summed E-state index contributed by atoms with van der Waals surface area (Å²) in [5, 5.41) is 5.83. The summed E-state index contributed by atoms with van der Waals surface area (Å²) >= 11 is 0. The van der Waals surface area contributed by atoms with E-state index in [9.17, 15) is 14.4 Å². The van der Waals surface area contributed by atoms with E-state index in [0.717, 1.165) is 11.1 Å². The summed E-state index contributed by atoms with van der Waals surface area (Å²) in [4.78, 5) is 40.7. The van der Waals surface area contributed by atoms with Gasteiger partial charge in [-0.1, -0.05) is 55.8 Å². The molecule has 0 saturated carbocycles. The van der Waals surface area contributed by atoms with Gasteiger partial charge in [0.05, 0.1) is 13.7 Å². The molecule has 0 bridgehead atoms. The van der Waals surface area contributed by atoms with Crippen molar-refractivity contribution in [3.8, 4) is 5.75 Å². The zero-order valence-corrected chi connectivity index (χ0v) is 22.1. The second-order valence-electron chi connectivity index (χ2n) is 9.81. The van der Waals surface area contributed by atoms with Crippen LogP contribution in [-0.2, 0) is 16.1 Å². The molecule has 1 saturated heterocycles. The lowest BCUT2D eigenvalue weighted by atomic mass is 9.99. The van der Waals surface area contributed by atoms with Gasteiger partial charge >= 0.3 is 6.09 Å². The number of carbonyl (C=O) groups excluding carboxylic acids is 3. The largest absolute Gasteiger partial charge is 0.497 e. The number of cyclic esters (lactones) is 1. The lowest BCUT2D eigenvalue weighted by Crippen LogP contribution is -2.47. The lowest BCUT2D eigenvalue weighted by Gasteiger charge is -2.25. The zero-order chi connectivity index (χ0) is 27.2. The van der Waals surface area contributed by atoms with Crippen LogP contribution in [0.5, 0.6) is 5.75 Å². The van der Waals surface area contributed by atoms with Crippen molar-refractivity contribution in [2.75, 3.05) is 19.0 Å². The predicted molar refractivity (Wildman–Crippen MR) is 145 cm³/mol. The highest BCUT2D eigenvalue weighted by Crippen LogP contribution is 2.35. The molecule has 1 aliphatic rings. The van der Waals surface area contributed by atoms with Crippen LogP contribution in [0.15, 0.2) is 72.8 Å². The highest BCUT2D eigenvalue weighted by atomic mass is 16.6. The van der Waals surface area contributed by atoms with Gasteiger partial charge in [-0.15, -0.1) is 0 Å². The Labute approximate surface area is 222 Å². The fourth-order valence-corrected chi connectivity index (χ4v) is 4.25. The molecule has 38 heavy (non-hydrogen) atoms. The molecule has 198 valence electrons. The number of nitrogens with one attached hydrogen (secondary N) is 2. The van der Waals surface area contributed by atoms with Crippen molar-refractivity contribution in [1.29, 1.82) is 0 Å². The summed E-state index contributed by atoms with van der Waals surface area (Å²) in [6.45, 7) is 6.72. The van der Waals surface area contributed by atoms with Gasteiger partial charge in [0.15, 0.2) is 12.1 Å². The minimum atomic E-state index is -0.866. The molecule has 8 nitrogen and oxygen atoms in total. The number of rotatable bonds is 9. The summed E-state index contributed by atoms with van der Waals surface area (Å²) in [5.41, 5.74) is 3.61. The normalized spacial score (nSPS) is 16.8. The van der Waals surface area contributed by atoms with Gasteiger partial charge in [-0.25, -0.2) is 4.79 Å². The number of methoxy groups -OCH3 is 1. The van der Waals surface area contributed by atoms with Crippen molar-refractivity contribution in [3.63, 3.8) is 0 Å². The van der Waals surface area contributed by atoms with Crippen molar-refractivity contribution < 1.29 is 23.9 Å². The molecule has 0 radical (unpaired) electrons. The van der Waals surface area contributed by atoms with Gasteiger partial charge in [0, 0.05) is 17.8 Å². The van der Waals surface area contributed by atoms with E-state index in [-0.39, 0.29) is 24.3 Å². The standard InChI is InChI=1S/C30H33N3O5/c1-19(2)17-31-29(35)26-27(38-30(36)33(26)18-21-10-8-20(3)9-11-21)23-6-5-7-24(16-23)32-28(34)22-12-14-25(37-4)15-13-22/h5-16,19,26-27H,17-18H2,1-4H3,(H,31,35)(H,32,34). The first-order valence-corrected chi connectivity index (χ1v) is 12.6. The Balaban J connectivity index is 1.58. The van der Waals surface area contributed by atoms with E-state index in [2.05, 4.69) is 10.6 Å². The molecule has 2 N–H and O–H groups in total. The summed E-state index contributed by atoms with van der Waals surface area (Å²) in [6.07, 6.45) is -1.40. The van der Waals surface area contributed by atoms with Gasteiger partial charge < -0.3 is 20.1 Å². The fraction of sp³-hybridized carbons (Fsp3) is 0.300. The van der Waals surface area contributed by atoms with Crippen LogP contribution in [0.1, 0.15) is 47.0 Å². The topological polar surface area (TPSA) is 97.0 Å². The molecule has 3 aromatic carbocycles. The second-order valence-corrected chi connectivity index (χ2v) is 9.81. The minimum Gasteiger partial charge on any atom is -0.497 e. The monoisotopic (exact) mass is 515 g/mol. The minimum absolute atomic E-state index is 0.239. The van der Waals surface area contributed by atoms with Crippen LogP contribution in [0, 0.1) is 12.8 Å². The third-order valence-corrected chi connectivity index (χ3v) is 6.34. The Kier molecular flexibility index (Phi) is 8.31. The van der Waals surface area contributed by atoms with E-state index in [1.165, 1.54) is 4.90 Å². The number of anilines is 1. The van der Waals surface area contributed by atoms with Gasteiger partial charge in [-0.3, -0.25) is 14.5 Å². The molecule has 1 heterocycles. The number of ether oxygens (including phenoxy) is 2. The third-order valence-electron chi connectivity index (χ3n) is 6.34. The van der Waals surface area contributed by atoms with Crippen LogP contribution in [-0.4, -0.2) is 42.5 Å². The summed E-state index contributed by atoms with van der Waals surface area (Å²) in [5.74, 6) is 0.329. The molecule has 2 unspecified atom stereocenters. The van der Waals surface area contributed by atoms with Crippen molar-refractivity contribution in [3.05, 3.63) is 95.1 Å². The molecule has 1 aliphatic heterocycles. The number of carbonyl (C=O) groups is 3. The van der Waals surface area contributed by atoms with Crippen LogP contribution < -0.4 is 15.4 Å². The van der Waals surface area contributed by atoms with Crippen LogP contribution in [0.25, 0.3) is 0 Å². The van der Waals surface area contributed by atoms with E-state index in [1.807, 2.05) is 45.0 Å². The average molecular weight is 516 g/mol. The molecular weight excluding hydrogens is 482 g/mol. The molecule has 0 spiro atoms. The van der Waals surface area contributed by atoms with Crippen molar-refractivity contribution in [1.82, 2.24) is 10.2 Å². The Hall–Kier alpha value is -4.33. The van der Waals surface area contributed by atoms with Crippen molar-refractivity contribution in [2.45, 2.75) is 39.5 Å². The molecule has 0 aromatic heterocycles. The van der Waals surface area contributed by atoms with E-state index < -0.39 is 18.2 Å². The molecule has 1 fully saturated rings. The second kappa shape index (κ2) is 11.8. The van der Waals surface area contributed by atoms with Crippen molar-refractivity contribution >= 4 is 23.6 Å². The fourth-order valence-electron chi connectivity index (χ4n) is 4.25. The average Bonchev–Trinajstić information content (AvgIpc) is 3.24. The third kappa shape index (κ3) is 6.32. The molecule has 3 aromatic rings. The first-order valence-electron chi connectivity index (χ1n) is 12.6. The first-order chi connectivity index (χ1) is 18.2. The lowest BCUT2D eigenvalue weighted by molar-refractivity contribution is -0.126. The number of benzene rings is 3. The van der Waals surface area contributed by atoms with Crippen molar-refractivity contribution in [2.24, 2.45) is 5.92 Å². The number of hydrogen-bond acceptors (Lipinski definition) is 5. The smallest absolute Gasteiger partial charge is 0.411 e. The molecule has 4 rings (SSSR count). The Bertz CT molecular complexity index is 1290. The summed E-state index contributed by atoms with van der Waals surface area (Å²) in [7, 11) is 1.56. The van der Waals surface area contributed by atoms with E-state index in [0.29, 0.717) is 29.1 Å². The van der Waals surface area contributed by atoms with Crippen LogP contribution in [0.4, 0.5) is 10.5 Å². The molecule has 3 amide bonds. The van der Waals surface area contributed by atoms with Crippen LogP contribution in [0.3, 0.4) is 0 Å². The SMILES string of the molecule is COc1ccc(C(=O)Nc2cccc(C3OC(=O)N(Cc4ccc(C)cc4)C3C(=O)NCC(C)C)c2)cc1. The molecule has 2 atom stereocenters. The summed E-state index contributed by atoms with van der Waals surface area (Å²) in [6, 6.07) is 20.8. The highest BCUT2D eigenvalue weighted by Gasteiger charge is 2.47. The Morgan fingerprint density at radius 3 is 2.39 bits per heavy atom. The van der Waals surface area contributed by atoms with E-state index >= 15 is 0 Å². The van der Waals surface area contributed by atoms with Gasteiger partial charge in [0.1, 0.15) is 5.75 Å². The van der Waals surface area contributed by atoms with Gasteiger partial charge in [0.2, 0.25) is 5.91 Å². The number of nitrogens with zero attached hydrogens (tertiary/aromatic N) is 1. The maximum absolute atomic E-state index is 13.4. The number of aryl methyl sites for hydroxylation is 1. The van der Waals surface area contributed by atoms with Crippen LogP contribution >= 0.6 is 0 Å². The summed E-state index contributed by atoms with van der Waals surface area (Å²) < 4.78 is 10.9. The maximum atomic E-state index is 13.4. The van der Waals surface area contributed by atoms with Gasteiger partial charge in [-0.2, -0.15) is 0 Å². The Morgan fingerprint density at radius 2 is 1.74 bits per heavy atom. The van der Waals surface area contributed by atoms with Gasteiger partial charge in [-0.05, 0) is 60.4 Å². The van der Waals surface area contributed by atoms with E-state index in [1.54, 1.807) is 55.6 Å². The number of amides is 3. The first kappa shape index (κ1) is 26.7. The molecule has 0 aliphatic carbocycles. The number of hydrogen-bond donors (Lipinski definition) is 2. The highest BCUT2D eigenvalue weighted by molar-refractivity contribution is 6.04. The molecular formula is C30H33N3O5. The predicted octanol–water partition coefficient (Wildman–Crippen LogP) is 5.09.